The SMILES string of the molecule is COc1cc(C=C2C(=O)Nc3ccccc32)c(-c2ccccc2OC)cc1OC.[Pd].c1ccc(P(c2ccccc2)c2ccccc2)cc1.c1ccc(P(c2ccccc2)c2ccccc2)cc1.c1ccc(P(c2ccccc2)c2ccccc2)cc1.c1ccc(P(c2ccccc2)c2ccccc2)cc1. The fraction of sp³-hybridized carbons (Fsp3) is 0.0312. The van der Waals surface area contributed by atoms with E-state index < -0.39 is 31.7 Å². The summed E-state index contributed by atoms with van der Waals surface area (Å²) in [5, 5.41) is 19.7. The van der Waals surface area contributed by atoms with Crippen molar-refractivity contribution in [2.75, 3.05) is 26.6 Å². The number of carbonyl (C=O) groups is 1. The first-order valence-electron chi connectivity index (χ1n) is 34.8. The molecule has 0 aromatic heterocycles. The monoisotopic (exact) mass is 1540 g/mol. The second-order valence-corrected chi connectivity index (χ2v) is 32.8. The Kier molecular flexibility index (Phi) is 29.2. The van der Waals surface area contributed by atoms with Crippen LogP contribution >= 0.6 is 31.7 Å². The minimum atomic E-state index is -0.446. The third-order valence-electron chi connectivity index (χ3n) is 17.1. The van der Waals surface area contributed by atoms with Gasteiger partial charge in [-0.25, -0.2) is 0 Å². The van der Waals surface area contributed by atoms with Crippen molar-refractivity contribution in [3.63, 3.8) is 0 Å². The van der Waals surface area contributed by atoms with Gasteiger partial charge in [0.15, 0.2) is 11.5 Å². The largest absolute Gasteiger partial charge is 0.496 e. The molecule has 1 aliphatic rings. The Hall–Kier alpha value is -10.7. The van der Waals surface area contributed by atoms with Crippen LogP contribution in [-0.2, 0) is 25.2 Å². The second-order valence-electron chi connectivity index (χ2n) is 23.9. The summed E-state index contributed by atoms with van der Waals surface area (Å²) in [7, 11) is 3.05. The fourth-order valence-electron chi connectivity index (χ4n) is 12.3. The molecule has 1 amide bonds. The molecular weight excluding hydrogens is 1460 g/mol. The Morgan fingerprint density at radius 1 is 0.236 bits per heavy atom. The average molecular weight is 1540 g/mol. The van der Waals surface area contributed by atoms with Crippen LogP contribution in [0.2, 0.25) is 0 Å². The van der Waals surface area contributed by atoms with Crippen LogP contribution < -0.4 is 83.2 Å². The molecule has 5 nitrogen and oxygen atoms in total. The molecule has 1 N–H and O–H groups in total. The fourth-order valence-corrected chi connectivity index (χ4v) is 21.5. The van der Waals surface area contributed by atoms with Crippen molar-refractivity contribution in [1.82, 2.24) is 0 Å². The topological polar surface area (TPSA) is 56.8 Å². The zero-order valence-corrected chi connectivity index (χ0v) is 64.4. The van der Waals surface area contributed by atoms with Gasteiger partial charge < -0.3 is 19.5 Å². The van der Waals surface area contributed by atoms with Crippen LogP contribution in [0.3, 0.4) is 0 Å². The summed E-state index contributed by atoms with van der Waals surface area (Å²) >= 11 is 0. The van der Waals surface area contributed by atoms with Crippen LogP contribution in [0.1, 0.15) is 11.1 Å². The Balaban J connectivity index is 0.000000134. The maximum atomic E-state index is 12.6. The van der Waals surface area contributed by atoms with Crippen LogP contribution in [0.4, 0.5) is 5.69 Å². The molecule has 1 aliphatic heterocycles. The summed E-state index contributed by atoms with van der Waals surface area (Å²) in [4.78, 5) is 12.6. The van der Waals surface area contributed by atoms with Gasteiger partial charge in [0.25, 0.3) is 5.91 Å². The van der Waals surface area contributed by atoms with Gasteiger partial charge in [-0.15, -0.1) is 0 Å². The second kappa shape index (κ2) is 40.5. The van der Waals surface area contributed by atoms with E-state index in [1.807, 2.05) is 66.7 Å². The molecule has 1 heterocycles. The number of hydrogen-bond donors (Lipinski definition) is 1. The van der Waals surface area contributed by atoms with Crippen LogP contribution in [-0.4, -0.2) is 27.2 Å². The molecule has 106 heavy (non-hydrogen) atoms. The number of anilines is 1. The van der Waals surface area contributed by atoms with E-state index in [9.17, 15) is 4.79 Å². The van der Waals surface area contributed by atoms with E-state index in [0.29, 0.717) is 17.1 Å². The number of carbonyl (C=O) groups excluding carboxylic acids is 1. The minimum Gasteiger partial charge on any atom is -0.496 e. The summed E-state index contributed by atoms with van der Waals surface area (Å²) < 4.78 is 16.6. The van der Waals surface area contributed by atoms with E-state index in [4.69, 9.17) is 14.2 Å². The van der Waals surface area contributed by atoms with Crippen molar-refractivity contribution in [3.8, 4) is 28.4 Å². The first-order valence-corrected chi connectivity index (χ1v) is 40.2. The third-order valence-corrected chi connectivity index (χ3v) is 26.9. The quantitative estimate of drug-likeness (QED) is 0.0561. The smallest absolute Gasteiger partial charge is 0.256 e. The van der Waals surface area contributed by atoms with Gasteiger partial charge in [0.05, 0.1) is 21.3 Å². The molecule has 10 heteroatoms. The number of rotatable bonds is 17. The first-order chi connectivity index (χ1) is 52.0. The molecule has 0 saturated carbocycles. The standard InChI is InChI=1S/C24H21NO4.4C18H15P.Pd/c1-27-21-11-7-5-9-17(21)18-14-23(29-3)22(28-2)13-15(18)12-19-16-8-4-6-10-20(16)25-24(19)26;4*1-4-10-16(11-5-1)19(17-12-6-2-7-13-17)18-14-8-3-9-15-18;/h4-14H,1-3H3,(H,25,26);4*1-15H;. The number of amides is 1. The third kappa shape index (κ3) is 20.4. The maximum absolute atomic E-state index is 12.6. The normalized spacial score (nSPS) is 11.3. The number of nitrogens with one attached hydrogen (secondary N) is 1. The van der Waals surface area contributed by atoms with Crippen molar-refractivity contribution in [3.05, 3.63) is 436 Å². The van der Waals surface area contributed by atoms with E-state index in [1.165, 1.54) is 63.7 Å². The molecule has 0 bridgehead atoms. The van der Waals surface area contributed by atoms with Crippen LogP contribution in [0.15, 0.2) is 425 Å². The van der Waals surface area contributed by atoms with Crippen LogP contribution in [0.25, 0.3) is 22.8 Å². The zero-order valence-electron chi connectivity index (χ0n) is 59.2. The van der Waals surface area contributed by atoms with Gasteiger partial charge in [-0.2, -0.15) is 0 Å². The Morgan fingerprint density at radius 2 is 0.443 bits per heavy atom. The molecule has 0 atom stereocenters. The number of ether oxygens (including phenoxy) is 3. The van der Waals surface area contributed by atoms with Crippen molar-refractivity contribution in [2.24, 2.45) is 0 Å². The van der Waals surface area contributed by atoms with Crippen molar-refractivity contribution < 1.29 is 39.4 Å². The molecule has 0 fully saturated rings. The molecule has 15 aromatic rings. The van der Waals surface area contributed by atoms with Gasteiger partial charge >= 0.3 is 0 Å². The van der Waals surface area contributed by atoms with Crippen LogP contribution in [0, 0.1) is 0 Å². The predicted octanol–water partition coefficient (Wildman–Crippen LogP) is 18.6. The Bertz CT molecular complexity index is 4260. The molecule has 0 saturated heterocycles. The first kappa shape index (κ1) is 76.4. The molecule has 0 radical (unpaired) electrons. The van der Waals surface area contributed by atoms with E-state index in [1.54, 1.807) is 21.3 Å². The molecule has 16 rings (SSSR count). The van der Waals surface area contributed by atoms with E-state index in [0.717, 1.165) is 33.7 Å². The summed E-state index contributed by atoms with van der Waals surface area (Å²) in [5.41, 5.74) is 4.89. The molecule has 15 aromatic carbocycles. The van der Waals surface area contributed by atoms with Crippen molar-refractivity contribution in [1.29, 1.82) is 0 Å². The van der Waals surface area contributed by atoms with Crippen LogP contribution in [0.5, 0.6) is 17.2 Å². The van der Waals surface area contributed by atoms with Gasteiger partial charge in [0, 0.05) is 42.8 Å². The molecule has 0 unspecified atom stereocenters. The summed E-state index contributed by atoms with van der Waals surface area (Å²) in [6, 6.07) is 148. The molecular formula is C96H81NO4P4Pd. The summed E-state index contributed by atoms with van der Waals surface area (Å²) in [6.07, 6.45) is 1.88. The number of benzene rings is 15. The van der Waals surface area contributed by atoms with E-state index >= 15 is 0 Å². The van der Waals surface area contributed by atoms with Gasteiger partial charge in [-0.3, -0.25) is 4.79 Å². The number of methoxy groups -OCH3 is 3. The Labute approximate surface area is 644 Å². The summed E-state index contributed by atoms with van der Waals surface area (Å²) in [5.74, 6) is 1.79. The van der Waals surface area contributed by atoms with Crippen molar-refractivity contribution >= 4 is 119 Å². The van der Waals surface area contributed by atoms with Gasteiger partial charge in [0.1, 0.15) is 5.75 Å². The predicted molar refractivity (Wildman–Crippen MR) is 455 cm³/mol. The molecule has 524 valence electrons. The van der Waals surface area contributed by atoms with E-state index in [-0.39, 0.29) is 26.3 Å². The number of para-hydroxylation sites is 2. The zero-order chi connectivity index (χ0) is 72.0. The van der Waals surface area contributed by atoms with Crippen molar-refractivity contribution in [2.45, 2.75) is 0 Å². The molecule has 0 spiro atoms. The molecule has 0 aliphatic carbocycles. The van der Waals surface area contributed by atoms with E-state index in [2.05, 4.69) is 369 Å². The van der Waals surface area contributed by atoms with Gasteiger partial charge in [-0.1, -0.05) is 400 Å². The number of fused-ring (bicyclic) bond motifs is 1. The van der Waals surface area contributed by atoms with Gasteiger partial charge in [-0.05, 0) is 137 Å². The average Bonchev–Trinajstić information content (AvgIpc) is 1.44. The minimum absolute atomic E-state index is 0. The maximum Gasteiger partial charge on any atom is 0.256 e. The summed E-state index contributed by atoms with van der Waals surface area (Å²) in [6.45, 7) is 0. The van der Waals surface area contributed by atoms with Gasteiger partial charge in [0.2, 0.25) is 0 Å². The number of hydrogen-bond acceptors (Lipinski definition) is 4. The Morgan fingerprint density at radius 3 is 0.689 bits per heavy atom.